The van der Waals surface area contributed by atoms with Crippen LogP contribution in [0.3, 0.4) is 0 Å². The monoisotopic (exact) mass is 1040 g/mol. The second-order valence-electron chi connectivity index (χ2n) is 19.3. The van der Waals surface area contributed by atoms with Crippen LogP contribution in [-0.2, 0) is 40.0 Å². The molecule has 2 aliphatic heterocycles. The van der Waals surface area contributed by atoms with Crippen molar-refractivity contribution in [1.29, 1.82) is 0 Å². The Morgan fingerprint density at radius 3 is 2.28 bits per heavy atom. The number of hydrogen-bond donors (Lipinski definition) is 5. The number of aliphatic carboxylic acids is 1. The summed E-state index contributed by atoms with van der Waals surface area (Å²) < 4.78 is 59.2. The molecule has 0 bridgehead atoms. The molecule has 16 nitrogen and oxygen atoms in total. The van der Waals surface area contributed by atoms with Gasteiger partial charge in [-0.2, -0.15) is 13.0 Å². The minimum absolute atomic E-state index is 0.0167. The largest absolute Gasteiger partial charge is 0.508 e. The van der Waals surface area contributed by atoms with E-state index in [1.807, 2.05) is 0 Å². The van der Waals surface area contributed by atoms with E-state index in [9.17, 15) is 32.5 Å². The van der Waals surface area contributed by atoms with Crippen molar-refractivity contribution >= 4 is 45.0 Å². The predicted octanol–water partition coefficient (Wildman–Crippen LogP) is 9.01. The quantitative estimate of drug-likeness (QED) is 0.0109. The summed E-state index contributed by atoms with van der Waals surface area (Å²) in [6.07, 6.45) is 12.6. The lowest BCUT2D eigenvalue weighted by Gasteiger charge is -2.27. The number of phenolic OH excluding ortho intramolecular Hbond substituents is 1. The van der Waals surface area contributed by atoms with E-state index < -0.39 is 34.4 Å². The number of rotatable bonds is 30. The molecule has 0 spiro atoms. The van der Waals surface area contributed by atoms with E-state index in [-0.39, 0.29) is 41.1 Å². The number of nitrogens with one attached hydrogen (secondary N) is 2. The molecule has 74 heavy (non-hydrogen) atoms. The number of carboxylic acid groups (broad SMARTS) is 1. The maximum atomic E-state index is 12.8. The summed E-state index contributed by atoms with van der Waals surface area (Å²) in [6.45, 7) is 14.5. The fourth-order valence-corrected chi connectivity index (χ4v) is 9.78. The summed E-state index contributed by atoms with van der Waals surface area (Å²) in [5, 5.41) is 24.5. The van der Waals surface area contributed by atoms with Crippen molar-refractivity contribution in [2.75, 3.05) is 57.5 Å². The molecule has 6 rings (SSSR count). The normalized spacial score (nSPS) is 15.5. The van der Waals surface area contributed by atoms with Crippen molar-refractivity contribution in [2.24, 2.45) is 0 Å². The molecule has 2 heterocycles. The summed E-state index contributed by atoms with van der Waals surface area (Å²) in [5.41, 5.74) is 5.67. The molecular formula is C57H71N4O12S+. The minimum Gasteiger partial charge on any atom is -0.508 e. The molecule has 0 aromatic heterocycles. The van der Waals surface area contributed by atoms with Crippen molar-refractivity contribution < 1.29 is 61.1 Å². The van der Waals surface area contributed by atoms with Crippen LogP contribution in [0.25, 0.3) is 0 Å². The van der Waals surface area contributed by atoms with E-state index in [1.54, 1.807) is 60.7 Å². The van der Waals surface area contributed by atoms with E-state index in [0.717, 1.165) is 73.4 Å². The van der Waals surface area contributed by atoms with Gasteiger partial charge in [-0.1, -0.05) is 56.7 Å². The molecule has 0 saturated heterocycles. The number of carboxylic acids is 1. The van der Waals surface area contributed by atoms with E-state index in [2.05, 4.69) is 96.9 Å². The van der Waals surface area contributed by atoms with Gasteiger partial charge in [0.05, 0.1) is 23.5 Å². The molecule has 0 saturated carbocycles. The molecule has 396 valence electrons. The van der Waals surface area contributed by atoms with Gasteiger partial charge in [0.2, 0.25) is 11.6 Å². The molecular weight excluding hydrogens is 965 g/mol. The number of allylic oxidation sites excluding steroid dienone is 4. The maximum Gasteiger partial charge on any atom is 0.329 e. The van der Waals surface area contributed by atoms with E-state index in [1.165, 1.54) is 17.7 Å². The average molecular weight is 1040 g/mol. The van der Waals surface area contributed by atoms with Gasteiger partial charge < -0.3 is 44.7 Å². The molecule has 0 aliphatic carbocycles. The first-order valence-electron chi connectivity index (χ1n) is 25.2. The number of hydrogen-bond acceptors (Lipinski definition) is 11. The predicted molar refractivity (Wildman–Crippen MR) is 284 cm³/mol. The molecule has 2 amide bonds. The van der Waals surface area contributed by atoms with Crippen molar-refractivity contribution in [2.45, 2.75) is 101 Å². The van der Waals surface area contributed by atoms with Crippen LogP contribution in [0.15, 0.2) is 132 Å². The number of fused-ring (bicyclic) bond motifs is 2. The van der Waals surface area contributed by atoms with Gasteiger partial charge in [-0.3, -0.25) is 14.1 Å². The zero-order valence-electron chi connectivity index (χ0n) is 42.9. The third-order valence-corrected chi connectivity index (χ3v) is 14.0. The first kappa shape index (κ1) is 56.5. The number of aromatic hydroxyl groups is 1. The second kappa shape index (κ2) is 26.4. The number of anilines is 1. The van der Waals surface area contributed by atoms with Gasteiger partial charge >= 0.3 is 5.97 Å². The Morgan fingerprint density at radius 2 is 1.54 bits per heavy atom. The Kier molecular flexibility index (Phi) is 20.2. The Bertz CT molecular complexity index is 2800. The molecule has 5 N–H and O–H groups in total. The number of carbonyl (C=O) groups excluding carboxylic acids is 2. The third kappa shape index (κ3) is 15.4. The lowest BCUT2D eigenvalue weighted by atomic mass is 9.81. The number of nitrogens with zero attached hydrogens (tertiary/aromatic N) is 2. The highest BCUT2D eigenvalue weighted by Crippen LogP contribution is 2.49. The zero-order valence-corrected chi connectivity index (χ0v) is 43.7. The number of carbonyl (C=O) groups is 3. The molecule has 0 radical (unpaired) electrons. The zero-order chi connectivity index (χ0) is 53.3. The van der Waals surface area contributed by atoms with E-state index >= 15 is 0 Å². The van der Waals surface area contributed by atoms with Crippen LogP contribution >= 0.6 is 0 Å². The highest BCUT2D eigenvalue weighted by atomic mass is 32.2. The van der Waals surface area contributed by atoms with Gasteiger partial charge in [-0.05, 0) is 118 Å². The van der Waals surface area contributed by atoms with Crippen LogP contribution in [0.2, 0.25) is 0 Å². The summed E-state index contributed by atoms with van der Waals surface area (Å²) in [4.78, 5) is 38.6. The molecule has 1 unspecified atom stereocenters. The minimum atomic E-state index is -4.43. The van der Waals surface area contributed by atoms with Crippen LogP contribution in [0.5, 0.6) is 17.2 Å². The number of unbranched alkanes of at least 4 members (excludes halogenated alkanes) is 4. The van der Waals surface area contributed by atoms with Crippen molar-refractivity contribution in [3.63, 3.8) is 0 Å². The molecule has 4 aromatic carbocycles. The summed E-state index contributed by atoms with van der Waals surface area (Å²) in [5.74, 6) is -0.132. The van der Waals surface area contributed by atoms with Crippen LogP contribution in [0.1, 0.15) is 101 Å². The fourth-order valence-electron chi connectivity index (χ4n) is 9.28. The molecule has 1 atom stereocenters. The molecule has 0 fully saturated rings. The highest BCUT2D eigenvalue weighted by molar-refractivity contribution is 7.85. The Morgan fingerprint density at radius 1 is 0.797 bits per heavy atom. The van der Waals surface area contributed by atoms with Gasteiger partial charge in [0.15, 0.2) is 18.5 Å². The van der Waals surface area contributed by atoms with Gasteiger partial charge in [0, 0.05) is 72.5 Å². The lowest BCUT2D eigenvalue weighted by Crippen LogP contribution is -2.28. The topological polar surface area (TPSA) is 213 Å². The summed E-state index contributed by atoms with van der Waals surface area (Å²) >= 11 is 0. The second-order valence-corrected chi connectivity index (χ2v) is 20.7. The standard InChI is InChI=1S/C57H70N4O12S/c1-6-35-71-54(73-39-53(64)65)40-72-44-19-15-18-41(37-44)55(66)59-32-13-8-12-31-58-52(63)24-9-7-14-33-60-49-30-29-45(74(67,68)69)38-47(49)57(4,5)51(60)23-16-22-50-56(2,3)46-20-10-11-21-48(46)61(50)34-17-36-70-43-27-25-42(62)26-28-43/h6,10-11,15-16,18-23,25-30,37-38,54H,1,7-9,12-14,17,24,31-36,39-40H2,2-5H3,(H4-,58,59,62,63,64,65,66,67,68,69)/p+1. The average Bonchev–Trinajstić information content (AvgIpc) is 3.72. The number of benzene rings is 4. The van der Waals surface area contributed by atoms with Gasteiger partial charge in [0.1, 0.15) is 30.5 Å². The molecule has 4 aromatic rings. The summed E-state index contributed by atoms with van der Waals surface area (Å²) in [7, 11) is -4.43. The number of ether oxygens (including phenoxy) is 4. The fraction of sp³-hybridized carbons (Fsp3) is 0.404. The highest BCUT2D eigenvalue weighted by Gasteiger charge is 2.44. The van der Waals surface area contributed by atoms with Crippen molar-refractivity contribution in [1.82, 2.24) is 10.6 Å². The molecule has 17 heteroatoms. The first-order valence-corrected chi connectivity index (χ1v) is 26.6. The van der Waals surface area contributed by atoms with E-state index in [4.69, 9.17) is 24.1 Å². The lowest BCUT2D eigenvalue weighted by molar-refractivity contribution is -0.438. The van der Waals surface area contributed by atoms with Gasteiger partial charge in [-0.25, -0.2) is 4.79 Å². The van der Waals surface area contributed by atoms with Crippen molar-refractivity contribution in [3.8, 4) is 17.2 Å². The van der Waals surface area contributed by atoms with Crippen molar-refractivity contribution in [3.05, 3.63) is 144 Å². The van der Waals surface area contributed by atoms with Gasteiger partial charge in [0.25, 0.3) is 16.0 Å². The maximum absolute atomic E-state index is 12.8. The third-order valence-electron chi connectivity index (χ3n) is 13.1. The molecule has 2 aliphatic rings. The first-order chi connectivity index (χ1) is 35.4. The van der Waals surface area contributed by atoms with E-state index in [0.29, 0.717) is 56.1 Å². The van der Waals surface area contributed by atoms with Crippen LogP contribution < -0.4 is 25.0 Å². The number of para-hydroxylation sites is 1. The Hall–Kier alpha value is -6.79. The number of amides is 2. The van der Waals surface area contributed by atoms with Crippen LogP contribution in [0.4, 0.5) is 11.4 Å². The Balaban J connectivity index is 0.979. The Labute approximate surface area is 435 Å². The van der Waals surface area contributed by atoms with Crippen LogP contribution in [0, 0.1) is 0 Å². The van der Waals surface area contributed by atoms with Gasteiger partial charge in [-0.15, -0.1) is 6.58 Å². The smallest absolute Gasteiger partial charge is 0.329 e. The summed E-state index contributed by atoms with van der Waals surface area (Å²) in [6, 6.07) is 26.5. The number of phenols is 1. The SMILES string of the molecule is C=CCOC(COc1cccc(C(=O)NCCCCCNC(=O)CCCCCN2/C(=C/C=C/C3=[N+](CCCOc4ccc(O)cc4)c4ccccc4C3(C)C)C(C)(C)c3cc(S(=O)(=O)O)ccc32)c1)OCC(=O)O. The van der Waals surface area contributed by atoms with Crippen LogP contribution in [-0.4, -0.2) is 110 Å².